The molecule has 0 aliphatic carbocycles. The molecule has 2 aromatic rings. The average molecular weight is 278 g/mol. The van der Waals surface area contributed by atoms with Gasteiger partial charge in [0.25, 0.3) is 5.91 Å². The van der Waals surface area contributed by atoms with Crippen molar-refractivity contribution in [3.05, 3.63) is 45.9 Å². The van der Waals surface area contributed by atoms with Crippen molar-refractivity contribution in [2.75, 3.05) is 0 Å². The molecule has 5 heteroatoms. The molecule has 0 aliphatic heterocycles. The second-order valence-corrected chi connectivity index (χ2v) is 5.46. The standard InChI is InChI=1S/C13H14N2OS2/c1-2-9-7-14-12(18-9)8-15-13(16)10-5-3-4-6-11(10)17/h3-7,17H,2,8H2,1H3,(H,15,16). The number of hydrogen-bond donors (Lipinski definition) is 2. The van der Waals surface area contributed by atoms with E-state index >= 15 is 0 Å². The first-order valence-electron chi connectivity index (χ1n) is 5.70. The molecule has 0 fully saturated rings. The van der Waals surface area contributed by atoms with Gasteiger partial charge in [0, 0.05) is 16.0 Å². The molecular formula is C13H14N2OS2. The van der Waals surface area contributed by atoms with Crippen LogP contribution in [0.1, 0.15) is 27.2 Å². The third kappa shape index (κ3) is 3.11. The van der Waals surface area contributed by atoms with Crippen molar-refractivity contribution in [1.29, 1.82) is 0 Å². The molecule has 2 rings (SSSR count). The molecule has 0 saturated heterocycles. The quantitative estimate of drug-likeness (QED) is 0.844. The first-order valence-corrected chi connectivity index (χ1v) is 6.97. The molecule has 1 aromatic carbocycles. The van der Waals surface area contributed by atoms with Crippen LogP contribution in [-0.4, -0.2) is 10.9 Å². The van der Waals surface area contributed by atoms with Crippen molar-refractivity contribution in [1.82, 2.24) is 10.3 Å². The minimum atomic E-state index is -0.117. The van der Waals surface area contributed by atoms with Gasteiger partial charge in [-0.25, -0.2) is 4.98 Å². The van der Waals surface area contributed by atoms with Crippen molar-refractivity contribution in [3.63, 3.8) is 0 Å². The molecule has 1 aromatic heterocycles. The molecule has 1 N–H and O–H groups in total. The lowest BCUT2D eigenvalue weighted by Crippen LogP contribution is -2.23. The van der Waals surface area contributed by atoms with Crippen LogP contribution in [0.4, 0.5) is 0 Å². The van der Waals surface area contributed by atoms with E-state index in [4.69, 9.17) is 0 Å². The zero-order valence-electron chi connectivity index (χ0n) is 10.0. The zero-order valence-corrected chi connectivity index (χ0v) is 11.7. The molecule has 18 heavy (non-hydrogen) atoms. The molecule has 0 radical (unpaired) electrons. The summed E-state index contributed by atoms with van der Waals surface area (Å²) in [6, 6.07) is 7.24. The molecule has 0 atom stereocenters. The molecule has 0 saturated carbocycles. The predicted octanol–water partition coefficient (Wildman–Crippen LogP) is 2.92. The lowest BCUT2D eigenvalue weighted by molar-refractivity contribution is 0.0948. The highest BCUT2D eigenvalue weighted by atomic mass is 32.1. The molecular weight excluding hydrogens is 264 g/mol. The van der Waals surface area contributed by atoms with Gasteiger partial charge >= 0.3 is 0 Å². The largest absolute Gasteiger partial charge is 0.345 e. The number of amides is 1. The van der Waals surface area contributed by atoms with Crippen molar-refractivity contribution in [3.8, 4) is 0 Å². The van der Waals surface area contributed by atoms with Gasteiger partial charge in [-0.1, -0.05) is 19.1 Å². The van der Waals surface area contributed by atoms with Gasteiger partial charge in [0.1, 0.15) is 5.01 Å². The summed E-state index contributed by atoms with van der Waals surface area (Å²) < 4.78 is 0. The number of benzene rings is 1. The second-order valence-electron chi connectivity index (χ2n) is 3.77. The normalized spacial score (nSPS) is 10.3. The summed E-state index contributed by atoms with van der Waals surface area (Å²) in [4.78, 5) is 18.1. The Balaban J connectivity index is 1.98. The SMILES string of the molecule is CCc1cnc(CNC(=O)c2ccccc2S)s1. The van der Waals surface area contributed by atoms with Crippen molar-refractivity contribution in [2.24, 2.45) is 0 Å². The smallest absolute Gasteiger partial charge is 0.252 e. The van der Waals surface area contributed by atoms with Crippen LogP contribution < -0.4 is 5.32 Å². The number of rotatable bonds is 4. The van der Waals surface area contributed by atoms with Crippen molar-refractivity contribution >= 4 is 29.9 Å². The highest BCUT2D eigenvalue weighted by Gasteiger charge is 2.09. The van der Waals surface area contributed by atoms with Crippen LogP contribution in [0.2, 0.25) is 0 Å². The summed E-state index contributed by atoms with van der Waals surface area (Å²) in [6.45, 7) is 2.55. The maximum atomic E-state index is 11.9. The van der Waals surface area contributed by atoms with E-state index in [1.54, 1.807) is 23.5 Å². The summed E-state index contributed by atoms with van der Waals surface area (Å²) in [5, 5.41) is 3.78. The minimum Gasteiger partial charge on any atom is -0.345 e. The Morgan fingerprint density at radius 3 is 2.89 bits per heavy atom. The van der Waals surface area contributed by atoms with Crippen molar-refractivity contribution < 1.29 is 4.79 Å². The van der Waals surface area contributed by atoms with Crippen LogP contribution in [0.15, 0.2) is 35.4 Å². The van der Waals surface area contributed by atoms with Crippen LogP contribution in [0.5, 0.6) is 0 Å². The Hall–Kier alpha value is -1.33. The van der Waals surface area contributed by atoms with Crippen LogP contribution in [0.3, 0.4) is 0 Å². The van der Waals surface area contributed by atoms with Gasteiger partial charge in [0.2, 0.25) is 0 Å². The van der Waals surface area contributed by atoms with Gasteiger partial charge in [0.15, 0.2) is 0 Å². The topological polar surface area (TPSA) is 42.0 Å². The molecule has 1 heterocycles. The highest BCUT2D eigenvalue weighted by molar-refractivity contribution is 7.80. The van der Waals surface area contributed by atoms with Crippen molar-refractivity contribution in [2.45, 2.75) is 24.8 Å². The second kappa shape index (κ2) is 6.02. The number of carbonyl (C=O) groups is 1. The van der Waals surface area contributed by atoms with Crippen LogP contribution in [-0.2, 0) is 13.0 Å². The molecule has 0 unspecified atom stereocenters. The Morgan fingerprint density at radius 1 is 1.44 bits per heavy atom. The number of carbonyl (C=O) groups excluding carboxylic acids is 1. The minimum absolute atomic E-state index is 0.117. The van der Waals surface area contributed by atoms with E-state index in [-0.39, 0.29) is 5.91 Å². The van der Waals surface area contributed by atoms with E-state index in [1.807, 2.05) is 18.3 Å². The maximum Gasteiger partial charge on any atom is 0.252 e. The fraction of sp³-hybridized carbons (Fsp3) is 0.231. The van der Waals surface area contributed by atoms with Gasteiger partial charge in [-0.05, 0) is 18.6 Å². The van der Waals surface area contributed by atoms with E-state index in [2.05, 4.69) is 29.9 Å². The first-order chi connectivity index (χ1) is 8.70. The lowest BCUT2D eigenvalue weighted by atomic mass is 10.2. The van der Waals surface area contributed by atoms with E-state index in [9.17, 15) is 4.79 Å². The zero-order chi connectivity index (χ0) is 13.0. The number of thiazole rings is 1. The highest BCUT2D eigenvalue weighted by Crippen LogP contribution is 2.15. The first kappa shape index (κ1) is 13.1. The van der Waals surface area contributed by atoms with Crippen LogP contribution >= 0.6 is 24.0 Å². The summed E-state index contributed by atoms with van der Waals surface area (Å²) in [5.74, 6) is -0.117. The van der Waals surface area contributed by atoms with E-state index in [0.29, 0.717) is 17.0 Å². The molecule has 0 bridgehead atoms. The Bertz CT molecular complexity index is 551. The number of nitrogens with zero attached hydrogens (tertiary/aromatic N) is 1. The fourth-order valence-corrected chi connectivity index (χ4v) is 2.57. The van der Waals surface area contributed by atoms with E-state index in [0.717, 1.165) is 11.4 Å². The third-order valence-electron chi connectivity index (χ3n) is 2.50. The number of nitrogens with one attached hydrogen (secondary N) is 1. The lowest BCUT2D eigenvalue weighted by Gasteiger charge is -2.05. The molecule has 0 spiro atoms. The van der Waals surface area contributed by atoms with Crippen LogP contribution in [0.25, 0.3) is 0 Å². The number of aryl methyl sites for hydroxylation is 1. The summed E-state index contributed by atoms with van der Waals surface area (Å²) in [6.07, 6.45) is 2.84. The Labute approximate surface area is 116 Å². The van der Waals surface area contributed by atoms with Gasteiger partial charge < -0.3 is 5.32 Å². The number of hydrogen-bond acceptors (Lipinski definition) is 4. The van der Waals surface area contributed by atoms with Gasteiger partial charge in [-0.2, -0.15) is 0 Å². The van der Waals surface area contributed by atoms with E-state index < -0.39 is 0 Å². The molecule has 94 valence electrons. The van der Waals surface area contributed by atoms with Gasteiger partial charge in [0.05, 0.1) is 12.1 Å². The maximum absolute atomic E-state index is 11.9. The Morgan fingerprint density at radius 2 is 2.22 bits per heavy atom. The molecule has 3 nitrogen and oxygen atoms in total. The van der Waals surface area contributed by atoms with Gasteiger partial charge in [-0.3, -0.25) is 4.79 Å². The molecule has 0 aliphatic rings. The number of thiol groups is 1. The monoisotopic (exact) mass is 278 g/mol. The Kier molecular flexibility index (Phi) is 4.38. The third-order valence-corrected chi connectivity index (χ3v) is 4.03. The van der Waals surface area contributed by atoms with Crippen LogP contribution in [0, 0.1) is 0 Å². The predicted molar refractivity (Wildman–Crippen MR) is 76.4 cm³/mol. The summed E-state index contributed by atoms with van der Waals surface area (Å²) in [7, 11) is 0. The molecule has 1 amide bonds. The average Bonchev–Trinajstić information content (AvgIpc) is 2.84. The fourth-order valence-electron chi connectivity index (χ4n) is 1.51. The number of aromatic nitrogens is 1. The summed E-state index contributed by atoms with van der Waals surface area (Å²) in [5.41, 5.74) is 0.591. The summed E-state index contributed by atoms with van der Waals surface area (Å²) >= 11 is 5.89. The van der Waals surface area contributed by atoms with E-state index in [1.165, 1.54) is 4.88 Å². The van der Waals surface area contributed by atoms with Gasteiger partial charge in [-0.15, -0.1) is 24.0 Å².